The third-order valence-electron chi connectivity index (χ3n) is 6.00. The molecule has 0 radical (unpaired) electrons. The van der Waals surface area contributed by atoms with Gasteiger partial charge in [-0.25, -0.2) is 0 Å². The van der Waals surface area contributed by atoms with Gasteiger partial charge in [0.25, 0.3) is 11.8 Å². The molecule has 144 valence electrons. The SMILES string of the molecule is O=C1c2cccc3c2c(cc2c4ccccc4oc32)C(=O)N1CN1CCNCC1. The Bertz CT molecular complexity index is 1320. The molecule has 0 aliphatic carbocycles. The average Bonchev–Trinajstić information content (AvgIpc) is 3.14. The van der Waals surface area contributed by atoms with Crippen molar-refractivity contribution in [1.29, 1.82) is 0 Å². The van der Waals surface area contributed by atoms with Gasteiger partial charge in [-0.05, 0) is 18.2 Å². The number of fused-ring (bicyclic) bond motifs is 4. The number of carbonyl (C=O) groups excluding carboxylic acids is 2. The maximum atomic E-state index is 13.4. The van der Waals surface area contributed by atoms with Crippen molar-refractivity contribution in [2.45, 2.75) is 0 Å². The first-order chi connectivity index (χ1) is 14.2. The molecule has 1 aromatic heterocycles. The van der Waals surface area contributed by atoms with Crippen LogP contribution in [0.4, 0.5) is 0 Å². The number of nitrogens with zero attached hydrogens (tertiary/aromatic N) is 2. The lowest BCUT2D eigenvalue weighted by Crippen LogP contribution is -2.52. The molecule has 3 heterocycles. The van der Waals surface area contributed by atoms with E-state index in [0.29, 0.717) is 23.2 Å². The van der Waals surface area contributed by atoms with E-state index >= 15 is 0 Å². The van der Waals surface area contributed by atoms with Crippen molar-refractivity contribution in [2.24, 2.45) is 0 Å². The predicted octanol–water partition coefficient (Wildman–Crippen LogP) is 3.20. The predicted molar refractivity (Wildman–Crippen MR) is 111 cm³/mol. The molecule has 29 heavy (non-hydrogen) atoms. The number of carbonyl (C=O) groups is 2. The van der Waals surface area contributed by atoms with Crippen molar-refractivity contribution in [1.82, 2.24) is 15.1 Å². The van der Waals surface area contributed by atoms with Gasteiger partial charge in [-0.15, -0.1) is 0 Å². The number of benzene rings is 3. The minimum atomic E-state index is -0.234. The molecular weight excluding hydrogens is 366 g/mol. The van der Waals surface area contributed by atoms with Gasteiger partial charge in [0.2, 0.25) is 0 Å². The number of amides is 2. The maximum Gasteiger partial charge on any atom is 0.262 e. The van der Waals surface area contributed by atoms with Crippen LogP contribution in [0.25, 0.3) is 32.7 Å². The largest absolute Gasteiger partial charge is 0.455 e. The Morgan fingerprint density at radius 2 is 1.62 bits per heavy atom. The Labute approximate surface area is 166 Å². The molecule has 2 aliphatic rings. The molecule has 0 bridgehead atoms. The van der Waals surface area contributed by atoms with E-state index < -0.39 is 0 Å². The van der Waals surface area contributed by atoms with Gasteiger partial charge in [-0.2, -0.15) is 0 Å². The lowest BCUT2D eigenvalue weighted by atomic mass is 9.92. The maximum absolute atomic E-state index is 13.4. The third kappa shape index (κ3) is 2.36. The van der Waals surface area contributed by atoms with Gasteiger partial charge < -0.3 is 9.73 Å². The van der Waals surface area contributed by atoms with Gasteiger partial charge in [0, 0.05) is 58.9 Å². The summed E-state index contributed by atoms with van der Waals surface area (Å²) < 4.78 is 6.11. The molecule has 2 amide bonds. The second kappa shape index (κ2) is 6.14. The summed E-state index contributed by atoms with van der Waals surface area (Å²) in [5.41, 5.74) is 2.64. The van der Waals surface area contributed by atoms with Crippen molar-refractivity contribution in [3.63, 3.8) is 0 Å². The first-order valence-corrected chi connectivity index (χ1v) is 9.88. The van der Waals surface area contributed by atoms with E-state index in [1.807, 2.05) is 42.5 Å². The number of imide groups is 1. The van der Waals surface area contributed by atoms with Crippen LogP contribution in [0.1, 0.15) is 20.7 Å². The second-order valence-electron chi connectivity index (χ2n) is 7.67. The van der Waals surface area contributed by atoms with Gasteiger partial charge in [0.05, 0.1) is 6.67 Å². The number of hydrogen-bond donors (Lipinski definition) is 1. The van der Waals surface area contributed by atoms with Crippen molar-refractivity contribution in [3.05, 3.63) is 59.7 Å². The fourth-order valence-corrected chi connectivity index (χ4v) is 4.57. The number of hydrogen-bond acceptors (Lipinski definition) is 5. The van der Waals surface area contributed by atoms with Crippen LogP contribution in [0.15, 0.2) is 52.9 Å². The van der Waals surface area contributed by atoms with Gasteiger partial charge >= 0.3 is 0 Å². The van der Waals surface area contributed by atoms with Gasteiger partial charge in [0.1, 0.15) is 11.2 Å². The molecule has 6 heteroatoms. The van der Waals surface area contributed by atoms with E-state index in [4.69, 9.17) is 4.42 Å². The van der Waals surface area contributed by atoms with Crippen LogP contribution in [0.3, 0.4) is 0 Å². The van der Waals surface area contributed by atoms with Crippen LogP contribution in [0.2, 0.25) is 0 Å². The Morgan fingerprint density at radius 1 is 0.862 bits per heavy atom. The molecule has 6 rings (SSSR count). The molecule has 6 nitrogen and oxygen atoms in total. The van der Waals surface area contributed by atoms with E-state index in [1.54, 1.807) is 6.07 Å². The van der Waals surface area contributed by atoms with Gasteiger partial charge in [-0.3, -0.25) is 19.4 Å². The quantitative estimate of drug-likeness (QED) is 0.537. The highest BCUT2D eigenvalue weighted by Crippen LogP contribution is 2.39. The fourth-order valence-electron chi connectivity index (χ4n) is 4.57. The third-order valence-corrected chi connectivity index (χ3v) is 6.00. The monoisotopic (exact) mass is 385 g/mol. The molecule has 0 saturated carbocycles. The van der Waals surface area contributed by atoms with Crippen LogP contribution in [-0.4, -0.2) is 54.5 Å². The molecule has 3 aromatic carbocycles. The standard InChI is InChI=1S/C23H19N3O3/c27-22-16-6-3-5-15-20(16)18(23(28)26(22)13-25-10-8-24-9-11-25)12-17-14-4-1-2-7-19(14)29-21(15)17/h1-7,12,24H,8-11,13H2. The second-order valence-corrected chi connectivity index (χ2v) is 7.67. The Kier molecular flexibility index (Phi) is 3.54. The van der Waals surface area contributed by atoms with Crippen molar-refractivity contribution in [2.75, 3.05) is 32.8 Å². The summed E-state index contributed by atoms with van der Waals surface area (Å²) in [5.74, 6) is -0.466. The zero-order valence-electron chi connectivity index (χ0n) is 15.8. The summed E-state index contributed by atoms with van der Waals surface area (Å²) >= 11 is 0. The van der Waals surface area contributed by atoms with Crippen LogP contribution in [0.5, 0.6) is 0 Å². The van der Waals surface area contributed by atoms with Crippen LogP contribution >= 0.6 is 0 Å². The molecule has 2 aliphatic heterocycles. The average molecular weight is 385 g/mol. The topological polar surface area (TPSA) is 65.8 Å². The minimum Gasteiger partial charge on any atom is -0.455 e. The van der Waals surface area contributed by atoms with E-state index in [0.717, 1.165) is 53.5 Å². The summed E-state index contributed by atoms with van der Waals surface area (Å²) in [6, 6.07) is 15.3. The van der Waals surface area contributed by atoms with E-state index in [2.05, 4.69) is 10.2 Å². The summed E-state index contributed by atoms with van der Waals surface area (Å²) in [4.78, 5) is 30.2. The van der Waals surface area contributed by atoms with Crippen LogP contribution < -0.4 is 5.32 Å². The van der Waals surface area contributed by atoms with Gasteiger partial charge in [-0.1, -0.05) is 30.3 Å². The highest BCUT2D eigenvalue weighted by molar-refractivity contribution is 6.30. The number of furan rings is 1. The fraction of sp³-hybridized carbons (Fsp3) is 0.217. The molecule has 1 saturated heterocycles. The molecule has 4 aromatic rings. The summed E-state index contributed by atoms with van der Waals surface area (Å²) in [6.45, 7) is 3.69. The normalized spacial score (nSPS) is 17.7. The Morgan fingerprint density at radius 3 is 2.48 bits per heavy atom. The van der Waals surface area contributed by atoms with E-state index in [1.165, 1.54) is 4.90 Å². The lowest BCUT2D eigenvalue weighted by molar-refractivity contribution is 0.0483. The smallest absolute Gasteiger partial charge is 0.262 e. The molecule has 0 atom stereocenters. The summed E-state index contributed by atoms with van der Waals surface area (Å²) in [7, 11) is 0. The number of piperazine rings is 1. The Balaban J connectivity index is 1.58. The summed E-state index contributed by atoms with van der Waals surface area (Å²) in [6.07, 6.45) is 0. The van der Waals surface area contributed by atoms with Crippen molar-refractivity contribution >= 4 is 44.5 Å². The zero-order valence-corrected chi connectivity index (χ0v) is 15.8. The van der Waals surface area contributed by atoms with Gasteiger partial charge in [0.15, 0.2) is 0 Å². The van der Waals surface area contributed by atoms with Crippen molar-refractivity contribution < 1.29 is 14.0 Å². The Hall–Kier alpha value is -3.22. The van der Waals surface area contributed by atoms with Crippen LogP contribution in [0, 0.1) is 0 Å². The van der Waals surface area contributed by atoms with Crippen molar-refractivity contribution in [3.8, 4) is 0 Å². The highest BCUT2D eigenvalue weighted by Gasteiger charge is 2.35. The molecule has 1 fully saturated rings. The lowest BCUT2D eigenvalue weighted by Gasteiger charge is -2.34. The highest BCUT2D eigenvalue weighted by atomic mass is 16.3. The zero-order chi connectivity index (χ0) is 19.5. The molecule has 0 unspecified atom stereocenters. The number of rotatable bonds is 2. The first kappa shape index (κ1) is 16.7. The molecule has 1 N–H and O–H groups in total. The molecule has 0 spiro atoms. The summed E-state index contributed by atoms with van der Waals surface area (Å²) in [5, 5.41) is 6.70. The van der Waals surface area contributed by atoms with Crippen LogP contribution in [-0.2, 0) is 0 Å². The van der Waals surface area contributed by atoms with E-state index in [9.17, 15) is 9.59 Å². The number of para-hydroxylation sites is 1. The molecular formula is C23H19N3O3. The minimum absolute atomic E-state index is 0.232. The number of nitrogens with one attached hydrogen (secondary N) is 1. The van der Waals surface area contributed by atoms with E-state index in [-0.39, 0.29) is 11.8 Å². The first-order valence-electron chi connectivity index (χ1n) is 9.88.